The van der Waals surface area contributed by atoms with Crippen molar-refractivity contribution in [1.82, 2.24) is 19.9 Å². The second-order valence-corrected chi connectivity index (χ2v) is 7.31. The summed E-state index contributed by atoms with van der Waals surface area (Å²) in [7, 11) is 1.64. The molecule has 4 heterocycles. The number of anilines is 3. The number of fused-ring (bicyclic) bond motifs is 6. The first-order valence-corrected chi connectivity index (χ1v) is 9.61. The number of benzene rings is 1. The predicted molar refractivity (Wildman–Crippen MR) is 108 cm³/mol. The molecule has 9 heteroatoms. The number of aromatic nitrogens is 3. The lowest BCUT2D eigenvalue weighted by molar-refractivity contribution is 0.0821. The maximum atomic E-state index is 12.8. The number of rotatable bonds is 1. The number of hydrogen-bond donors (Lipinski definition) is 3. The van der Waals surface area contributed by atoms with Gasteiger partial charge in [0.05, 0.1) is 32.2 Å². The molecule has 2 aliphatic rings. The topological polar surface area (TPSA) is 102 Å². The molecule has 0 saturated heterocycles. The van der Waals surface area contributed by atoms with E-state index in [1.54, 1.807) is 17.8 Å². The Hall–Kier alpha value is -3.33. The van der Waals surface area contributed by atoms with Gasteiger partial charge >= 0.3 is 0 Å². The Morgan fingerprint density at radius 2 is 2.24 bits per heavy atom. The quantitative estimate of drug-likeness (QED) is 0.581. The summed E-state index contributed by atoms with van der Waals surface area (Å²) < 4.78 is 13.0. The second-order valence-electron chi connectivity index (χ2n) is 7.31. The molecule has 1 atom stereocenters. The summed E-state index contributed by atoms with van der Waals surface area (Å²) in [4.78, 5) is 17.6. The molecule has 2 aromatic heterocycles. The highest BCUT2D eigenvalue weighted by atomic mass is 16.5. The number of carbonyl (C=O) groups is 1. The minimum absolute atomic E-state index is 0.150. The number of nitrogens with zero attached hydrogens (tertiary/aromatic N) is 3. The molecule has 0 radical (unpaired) electrons. The van der Waals surface area contributed by atoms with Gasteiger partial charge in [0.1, 0.15) is 22.9 Å². The zero-order valence-corrected chi connectivity index (χ0v) is 16.3. The van der Waals surface area contributed by atoms with Crippen molar-refractivity contribution >= 4 is 28.9 Å². The molecule has 9 nitrogen and oxygen atoms in total. The van der Waals surface area contributed by atoms with E-state index in [1.165, 1.54) is 0 Å². The molecule has 4 bridgehead atoms. The fraction of sp³-hybridized carbons (Fsp3) is 0.350. The molecule has 0 aliphatic carbocycles. The minimum atomic E-state index is -0.222. The molecule has 2 aliphatic heterocycles. The number of amides is 1. The number of carbonyl (C=O) groups excluding carboxylic acids is 1. The third-order valence-corrected chi connectivity index (χ3v) is 5.19. The normalized spacial score (nSPS) is 18.6. The molecule has 5 rings (SSSR count). The standard InChI is InChI=1S/C20H22N6O3/c1-11-9-29-10-12-3-4-16(28-2)15(7-12)24-17-13-5-6-21-18(13)26-19(25-17)14(8-22-26)20(27)23-11/h3-4,7-8,11,21H,5-6,9-10H2,1-2H3,(H,23,27)(H,24,25)/t11-/m0/s1. The Morgan fingerprint density at radius 1 is 1.34 bits per heavy atom. The van der Waals surface area contributed by atoms with Gasteiger partial charge in [0.2, 0.25) is 0 Å². The van der Waals surface area contributed by atoms with Gasteiger partial charge in [-0.2, -0.15) is 9.61 Å². The zero-order valence-electron chi connectivity index (χ0n) is 16.3. The molecule has 3 aromatic rings. The number of methoxy groups -OCH3 is 1. The first kappa shape index (κ1) is 17.7. The van der Waals surface area contributed by atoms with E-state index < -0.39 is 0 Å². The molecule has 0 spiro atoms. The van der Waals surface area contributed by atoms with Crippen LogP contribution in [0.1, 0.15) is 28.4 Å². The molecule has 0 saturated carbocycles. The van der Waals surface area contributed by atoms with Crippen molar-refractivity contribution in [2.24, 2.45) is 0 Å². The van der Waals surface area contributed by atoms with Crippen LogP contribution in [0.25, 0.3) is 5.65 Å². The van der Waals surface area contributed by atoms with Crippen LogP contribution in [0.15, 0.2) is 24.4 Å². The van der Waals surface area contributed by atoms with Crippen molar-refractivity contribution in [3.8, 4) is 5.75 Å². The van der Waals surface area contributed by atoms with E-state index in [0.29, 0.717) is 36.0 Å². The highest BCUT2D eigenvalue weighted by molar-refractivity contribution is 6.00. The first-order chi connectivity index (χ1) is 14.1. The molecule has 29 heavy (non-hydrogen) atoms. The van der Waals surface area contributed by atoms with Crippen molar-refractivity contribution in [1.29, 1.82) is 0 Å². The number of nitrogens with one attached hydrogen (secondary N) is 3. The zero-order chi connectivity index (χ0) is 20.0. The summed E-state index contributed by atoms with van der Waals surface area (Å²) in [6.07, 6.45) is 2.37. The summed E-state index contributed by atoms with van der Waals surface area (Å²) in [5.74, 6) is 2.03. The van der Waals surface area contributed by atoms with Crippen LogP contribution in [0.2, 0.25) is 0 Å². The van der Waals surface area contributed by atoms with Crippen molar-refractivity contribution in [2.75, 3.05) is 30.9 Å². The summed E-state index contributed by atoms with van der Waals surface area (Å²) in [5, 5.41) is 14.1. The summed E-state index contributed by atoms with van der Waals surface area (Å²) in [6.45, 7) is 3.53. The molecule has 3 N–H and O–H groups in total. The van der Waals surface area contributed by atoms with E-state index in [1.807, 2.05) is 25.1 Å². The maximum absolute atomic E-state index is 12.8. The average molecular weight is 394 g/mol. The molecular formula is C20H22N6O3. The molecule has 1 aromatic carbocycles. The van der Waals surface area contributed by atoms with Gasteiger partial charge in [-0.3, -0.25) is 4.79 Å². The van der Waals surface area contributed by atoms with Crippen LogP contribution in [0.3, 0.4) is 0 Å². The third-order valence-electron chi connectivity index (χ3n) is 5.19. The Kier molecular flexibility index (Phi) is 4.24. The van der Waals surface area contributed by atoms with E-state index in [4.69, 9.17) is 14.5 Å². The van der Waals surface area contributed by atoms with Crippen molar-refractivity contribution in [2.45, 2.75) is 26.0 Å². The van der Waals surface area contributed by atoms with E-state index in [2.05, 4.69) is 21.0 Å². The van der Waals surface area contributed by atoms with E-state index in [0.717, 1.165) is 35.6 Å². The lowest BCUT2D eigenvalue weighted by Gasteiger charge is -2.18. The van der Waals surface area contributed by atoms with Crippen LogP contribution in [-0.4, -0.2) is 46.8 Å². The second kappa shape index (κ2) is 6.93. The molecular weight excluding hydrogens is 372 g/mol. The van der Waals surface area contributed by atoms with Gasteiger partial charge in [-0.15, -0.1) is 0 Å². The fourth-order valence-corrected chi connectivity index (χ4v) is 3.78. The number of ether oxygens (including phenoxy) is 2. The van der Waals surface area contributed by atoms with Crippen LogP contribution in [0.4, 0.5) is 17.3 Å². The highest BCUT2D eigenvalue weighted by Crippen LogP contribution is 2.35. The maximum Gasteiger partial charge on any atom is 0.257 e. The van der Waals surface area contributed by atoms with E-state index in [-0.39, 0.29) is 11.9 Å². The number of hydrogen-bond acceptors (Lipinski definition) is 7. The molecule has 150 valence electrons. The van der Waals surface area contributed by atoms with Gasteiger partial charge in [-0.25, -0.2) is 4.98 Å². The SMILES string of the molecule is COc1ccc2cc1Nc1nc3c(cnn3c3c1CCN3)C(=O)N[C@@H](C)COC2. The van der Waals surface area contributed by atoms with E-state index in [9.17, 15) is 4.79 Å². The summed E-state index contributed by atoms with van der Waals surface area (Å²) in [5.41, 5.74) is 3.75. The molecule has 0 fully saturated rings. The van der Waals surface area contributed by atoms with Crippen LogP contribution in [-0.2, 0) is 17.8 Å². The Labute approximate surface area is 167 Å². The van der Waals surface area contributed by atoms with Gasteiger partial charge in [0.25, 0.3) is 5.91 Å². The Morgan fingerprint density at radius 3 is 3.10 bits per heavy atom. The van der Waals surface area contributed by atoms with Crippen LogP contribution in [0, 0.1) is 0 Å². The molecule has 1 amide bonds. The van der Waals surface area contributed by atoms with Crippen molar-refractivity contribution < 1.29 is 14.3 Å². The lowest BCUT2D eigenvalue weighted by Crippen LogP contribution is -2.35. The Bertz CT molecular complexity index is 1110. The third kappa shape index (κ3) is 3.03. The summed E-state index contributed by atoms with van der Waals surface area (Å²) >= 11 is 0. The fourth-order valence-electron chi connectivity index (χ4n) is 3.78. The van der Waals surface area contributed by atoms with Gasteiger partial charge in [0, 0.05) is 18.2 Å². The van der Waals surface area contributed by atoms with Crippen LogP contribution in [0.5, 0.6) is 5.75 Å². The highest BCUT2D eigenvalue weighted by Gasteiger charge is 2.25. The van der Waals surface area contributed by atoms with Crippen molar-refractivity contribution in [3.05, 3.63) is 41.1 Å². The predicted octanol–water partition coefficient (Wildman–Crippen LogP) is 2.10. The van der Waals surface area contributed by atoms with Crippen LogP contribution < -0.4 is 20.7 Å². The van der Waals surface area contributed by atoms with Gasteiger partial charge in [-0.1, -0.05) is 6.07 Å². The average Bonchev–Trinajstić information content (AvgIpc) is 3.34. The van der Waals surface area contributed by atoms with Gasteiger partial charge < -0.3 is 25.4 Å². The van der Waals surface area contributed by atoms with Gasteiger partial charge in [0.15, 0.2) is 5.65 Å². The monoisotopic (exact) mass is 394 g/mol. The van der Waals surface area contributed by atoms with E-state index >= 15 is 0 Å². The van der Waals surface area contributed by atoms with Crippen LogP contribution >= 0.6 is 0 Å². The Balaban J connectivity index is 1.71. The minimum Gasteiger partial charge on any atom is -0.495 e. The first-order valence-electron chi connectivity index (χ1n) is 9.61. The van der Waals surface area contributed by atoms with Crippen molar-refractivity contribution in [3.63, 3.8) is 0 Å². The lowest BCUT2D eigenvalue weighted by atomic mass is 10.1. The summed E-state index contributed by atoms with van der Waals surface area (Å²) in [6, 6.07) is 5.74. The smallest absolute Gasteiger partial charge is 0.257 e. The molecule has 0 unspecified atom stereocenters. The van der Waals surface area contributed by atoms with Gasteiger partial charge in [-0.05, 0) is 31.0 Å². The largest absolute Gasteiger partial charge is 0.495 e.